The molecule has 0 aliphatic carbocycles. The lowest BCUT2D eigenvalue weighted by Crippen LogP contribution is -2.32. The summed E-state index contributed by atoms with van der Waals surface area (Å²) in [7, 11) is 1.68. The van der Waals surface area contributed by atoms with E-state index in [2.05, 4.69) is 10.4 Å². The van der Waals surface area contributed by atoms with Crippen LogP contribution in [-0.2, 0) is 16.6 Å². The first kappa shape index (κ1) is 14.5. The summed E-state index contributed by atoms with van der Waals surface area (Å²) in [5.74, 6) is -1.61. The third kappa shape index (κ3) is 4.04. The lowest BCUT2D eigenvalue weighted by molar-refractivity contribution is -0.141. The molecule has 6 nitrogen and oxygen atoms in total. The van der Waals surface area contributed by atoms with Crippen LogP contribution in [0.25, 0.3) is 6.08 Å². The number of benzene rings is 1. The summed E-state index contributed by atoms with van der Waals surface area (Å²) in [6, 6.07) is 8.16. The minimum absolute atomic E-state index is 0.423. The lowest BCUT2D eigenvalue weighted by atomic mass is 10.1. The normalized spacial score (nSPS) is 12.2. The molecule has 2 aromatic rings. The number of nitrogens with zero attached hydrogens (tertiary/aromatic N) is 2. The van der Waals surface area contributed by atoms with E-state index in [1.807, 2.05) is 30.3 Å². The molecule has 1 aromatic carbocycles. The maximum absolute atomic E-state index is 11.8. The van der Waals surface area contributed by atoms with Gasteiger partial charge in [-0.15, -0.1) is 0 Å². The van der Waals surface area contributed by atoms with Crippen LogP contribution in [0.4, 0.5) is 0 Å². The summed E-state index contributed by atoms with van der Waals surface area (Å²) >= 11 is 0. The third-order valence-electron chi connectivity index (χ3n) is 2.82. The van der Waals surface area contributed by atoms with Gasteiger partial charge in [-0.05, 0) is 11.6 Å². The fraction of sp³-hybridized carbons (Fsp3) is 0.133. The van der Waals surface area contributed by atoms with Gasteiger partial charge < -0.3 is 10.4 Å². The summed E-state index contributed by atoms with van der Waals surface area (Å²) in [5, 5.41) is 15.5. The van der Waals surface area contributed by atoms with Crippen molar-refractivity contribution in [3.05, 3.63) is 59.9 Å². The van der Waals surface area contributed by atoms with Crippen LogP contribution in [0, 0.1) is 0 Å². The number of rotatable bonds is 5. The van der Waals surface area contributed by atoms with Gasteiger partial charge in [-0.3, -0.25) is 9.48 Å². The number of carboxylic acids is 1. The number of aliphatic carboxylic acids is 1. The van der Waals surface area contributed by atoms with Crippen molar-refractivity contribution in [1.82, 2.24) is 15.1 Å². The Morgan fingerprint density at radius 2 is 2.05 bits per heavy atom. The summed E-state index contributed by atoms with van der Waals surface area (Å²) in [6.45, 7) is 0. The van der Waals surface area contributed by atoms with Crippen LogP contribution < -0.4 is 5.32 Å². The fourth-order valence-corrected chi connectivity index (χ4v) is 1.80. The topological polar surface area (TPSA) is 84.2 Å². The van der Waals surface area contributed by atoms with Crippen molar-refractivity contribution in [2.45, 2.75) is 6.04 Å². The second kappa shape index (κ2) is 6.51. The number of hydrogen-bond acceptors (Lipinski definition) is 3. The Morgan fingerprint density at radius 3 is 2.62 bits per heavy atom. The predicted molar refractivity (Wildman–Crippen MR) is 77.2 cm³/mol. The molecule has 0 bridgehead atoms. The van der Waals surface area contributed by atoms with Crippen LogP contribution in [0.3, 0.4) is 0 Å². The maximum atomic E-state index is 11.8. The van der Waals surface area contributed by atoms with Gasteiger partial charge >= 0.3 is 5.97 Å². The van der Waals surface area contributed by atoms with Crippen LogP contribution in [0.2, 0.25) is 0 Å². The molecule has 1 unspecified atom stereocenters. The van der Waals surface area contributed by atoms with Gasteiger partial charge in [-0.2, -0.15) is 5.10 Å². The van der Waals surface area contributed by atoms with Crippen molar-refractivity contribution in [1.29, 1.82) is 0 Å². The number of amides is 1. The number of aryl methyl sites for hydroxylation is 1. The van der Waals surface area contributed by atoms with E-state index in [4.69, 9.17) is 0 Å². The number of carbonyl (C=O) groups excluding carboxylic acids is 1. The number of aromatic nitrogens is 2. The fourth-order valence-electron chi connectivity index (χ4n) is 1.80. The first-order chi connectivity index (χ1) is 10.1. The number of hydrogen-bond donors (Lipinski definition) is 2. The maximum Gasteiger partial charge on any atom is 0.331 e. The first-order valence-corrected chi connectivity index (χ1v) is 6.31. The van der Waals surface area contributed by atoms with E-state index in [1.165, 1.54) is 17.0 Å². The molecule has 1 aromatic heterocycles. The number of carbonyl (C=O) groups is 2. The Morgan fingerprint density at radius 1 is 1.33 bits per heavy atom. The molecule has 0 fully saturated rings. The molecule has 2 N–H and O–H groups in total. The van der Waals surface area contributed by atoms with Crippen LogP contribution in [-0.4, -0.2) is 26.8 Å². The molecule has 0 radical (unpaired) electrons. The number of carboxylic acid groups (broad SMARTS) is 1. The molecule has 0 spiro atoms. The van der Waals surface area contributed by atoms with Gasteiger partial charge in [0.15, 0.2) is 6.04 Å². The molecule has 0 aliphatic rings. The van der Waals surface area contributed by atoms with Gasteiger partial charge in [-0.25, -0.2) is 4.79 Å². The lowest BCUT2D eigenvalue weighted by Gasteiger charge is -2.10. The van der Waals surface area contributed by atoms with Gasteiger partial charge in [0, 0.05) is 24.9 Å². The van der Waals surface area contributed by atoms with Crippen molar-refractivity contribution in [2.24, 2.45) is 7.05 Å². The van der Waals surface area contributed by atoms with Crippen molar-refractivity contribution in [2.75, 3.05) is 0 Å². The standard InChI is InChI=1S/C15H15N3O3/c1-18-10-12(9-16-18)14(15(20)21)17-13(19)8-7-11-5-3-2-4-6-11/h2-10,14H,1H3,(H,17,19)(H,20,21)/b8-7+. The molecule has 1 atom stereocenters. The summed E-state index contributed by atoms with van der Waals surface area (Å²) in [6.07, 6.45) is 5.90. The first-order valence-electron chi connectivity index (χ1n) is 6.31. The van der Waals surface area contributed by atoms with Crippen molar-refractivity contribution in [3.8, 4) is 0 Å². The highest BCUT2D eigenvalue weighted by molar-refractivity contribution is 5.94. The van der Waals surface area contributed by atoms with Crippen LogP contribution in [0.15, 0.2) is 48.8 Å². The Kier molecular flexibility index (Phi) is 4.50. The van der Waals surface area contributed by atoms with Crippen LogP contribution in [0.5, 0.6) is 0 Å². The quantitative estimate of drug-likeness (QED) is 0.813. The Labute approximate surface area is 121 Å². The highest BCUT2D eigenvalue weighted by atomic mass is 16.4. The Balaban J connectivity index is 2.05. The molecule has 0 saturated carbocycles. The van der Waals surface area contributed by atoms with Gasteiger partial charge in [0.05, 0.1) is 6.20 Å². The zero-order chi connectivity index (χ0) is 15.2. The third-order valence-corrected chi connectivity index (χ3v) is 2.82. The van der Waals surface area contributed by atoms with E-state index < -0.39 is 17.9 Å². The molecule has 6 heteroatoms. The Hall–Kier alpha value is -2.89. The smallest absolute Gasteiger partial charge is 0.331 e. The van der Waals surface area contributed by atoms with E-state index in [0.717, 1.165) is 5.56 Å². The second-order valence-electron chi connectivity index (χ2n) is 4.47. The van der Waals surface area contributed by atoms with Crippen LogP contribution in [0.1, 0.15) is 17.2 Å². The SMILES string of the molecule is Cn1cc(C(NC(=O)/C=C/c2ccccc2)C(=O)O)cn1. The molecule has 1 amide bonds. The van der Waals surface area contributed by atoms with Crippen molar-refractivity contribution < 1.29 is 14.7 Å². The number of nitrogens with one attached hydrogen (secondary N) is 1. The summed E-state index contributed by atoms with van der Waals surface area (Å²) < 4.78 is 1.48. The minimum atomic E-state index is -1.13. The molecule has 21 heavy (non-hydrogen) atoms. The highest BCUT2D eigenvalue weighted by Crippen LogP contribution is 2.12. The van der Waals surface area contributed by atoms with Gasteiger partial charge in [-0.1, -0.05) is 30.3 Å². The van der Waals surface area contributed by atoms with Gasteiger partial charge in [0.2, 0.25) is 5.91 Å². The van der Waals surface area contributed by atoms with Crippen molar-refractivity contribution >= 4 is 18.0 Å². The monoisotopic (exact) mass is 285 g/mol. The molecule has 2 rings (SSSR count). The van der Waals surface area contributed by atoms with E-state index in [-0.39, 0.29) is 0 Å². The molecular formula is C15H15N3O3. The highest BCUT2D eigenvalue weighted by Gasteiger charge is 2.22. The second-order valence-corrected chi connectivity index (χ2v) is 4.47. The average molecular weight is 285 g/mol. The van der Waals surface area contributed by atoms with E-state index >= 15 is 0 Å². The minimum Gasteiger partial charge on any atom is -0.479 e. The van der Waals surface area contributed by atoms with E-state index in [0.29, 0.717) is 5.56 Å². The van der Waals surface area contributed by atoms with Gasteiger partial charge in [0.1, 0.15) is 0 Å². The predicted octanol–water partition coefficient (Wildman–Crippen LogP) is 1.38. The average Bonchev–Trinajstić information content (AvgIpc) is 2.89. The van der Waals surface area contributed by atoms with E-state index in [1.54, 1.807) is 19.3 Å². The summed E-state index contributed by atoms with van der Waals surface area (Å²) in [5.41, 5.74) is 1.28. The van der Waals surface area contributed by atoms with Gasteiger partial charge in [0.25, 0.3) is 0 Å². The zero-order valence-corrected chi connectivity index (χ0v) is 11.4. The molecule has 0 saturated heterocycles. The van der Waals surface area contributed by atoms with Crippen LogP contribution >= 0.6 is 0 Å². The molecule has 108 valence electrons. The Bertz CT molecular complexity index is 662. The van der Waals surface area contributed by atoms with E-state index in [9.17, 15) is 14.7 Å². The zero-order valence-electron chi connectivity index (χ0n) is 11.4. The van der Waals surface area contributed by atoms with Crippen molar-refractivity contribution in [3.63, 3.8) is 0 Å². The molecular weight excluding hydrogens is 270 g/mol. The molecule has 0 aliphatic heterocycles. The largest absolute Gasteiger partial charge is 0.479 e. The molecule has 1 heterocycles. The summed E-state index contributed by atoms with van der Waals surface area (Å²) in [4.78, 5) is 23.1.